The summed E-state index contributed by atoms with van der Waals surface area (Å²) in [4.78, 5) is 46.1. The minimum Gasteiger partial charge on any atom is -0.385 e. The highest BCUT2D eigenvalue weighted by Crippen LogP contribution is 2.67. The van der Waals surface area contributed by atoms with Gasteiger partial charge in [0, 0.05) is 16.6 Å². The molecule has 1 fully saturated rings. The van der Waals surface area contributed by atoms with Crippen molar-refractivity contribution in [1.82, 2.24) is 14.5 Å². The zero-order chi connectivity index (χ0) is 27.0. The molecule has 0 radical (unpaired) electrons. The van der Waals surface area contributed by atoms with Gasteiger partial charge in [0.2, 0.25) is 6.29 Å². The number of nitrogens with one attached hydrogen (secondary N) is 1. The van der Waals surface area contributed by atoms with Crippen molar-refractivity contribution < 1.29 is 61.4 Å². The van der Waals surface area contributed by atoms with Crippen molar-refractivity contribution in [1.29, 1.82) is 0 Å². The zero-order valence-corrected chi connectivity index (χ0v) is 21.9. The molecule has 21 heteroatoms. The highest BCUT2D eigenvalue weighted by Gasteiger charge is 2.57. The van der Waals surface area contributed by atoms with Crippen LogP contribution in [0, 0.1) is 0 Å². The summed E-state index contributed by atoms with van der Waals surface area (Å²) < 4.78 is 53.6. The zero-order valence-electron chi connectivity index (χ0n) is 18.4. The molecule has 1 saturated heterocycles. The van der Waals surface area contributed by atoms with Crippen LogP contribution in [-0.4, -0.2) is 62.3 Å². The van der Waals surface area contributed by atoms with Crippen LogP contribution >= 0.6 is 34.8 Å². The van der Waals surface area contributed by atoms with Gasteiger partial charge in [0.15, 0.2) is 6.23 Å². The Hall–Kier alpha value is -1.59. The van der Waals surface area contributed by atoms with Gasteiger partial charge in [0.25, 0.3) is 0 Å². The summed E-state index contributed by atoms with van der Waals surface area (Å²) in [6.07, 6.45) is -2.74. The summed E-state index contributed by atoms with van der Waals surface area (Å²) in [7, 11) is -17.1. The van der Waals surface area contributed by atoms with E-state index in [0.717, 1.165) is 17.4 Å². The average molecular weight is 600 g/mol. The minimum atomic E-state index is -5.81. The summed E-state index contributed by atoms with van der Waals surface area (Å²) in [6, 6.07) is 1.89. The first-order chi connectivity index (χ1) is 17.1. The lowest BCUT2D eigenvalue weighted by Crippen LogP contribution is -2.43. The second kappa shape index (κ2) is 8.98. The van der Waals surface area contributed by atoms with Crippen LogP contribution in [0.1, 0.15) is 18.0 Å². The Morgan fingerprint density at radius 3 is 2.59 bits per heavy atom. The molecule has 7 N–H and O–H groups in total. The van der Waals surface area contributed by atoms with Crippen LogP contribution in [0.5, 0.6) is 0 Å². The molecule has 202 valence electrons. The van der Waals surface area contributed by atoms with Crippen molar-refractivity contribution in [2.24, 2.45) is 0 Å². The number of ether oxygens (including phenoxy) is 1. The molecule has 3 unspecified atom stereocenters. The number of aliphatic hydroxyl groups excluding tert-OH is 1. The molecule has 0 saturated carbocycles. The number of aromatic nitrogens is 3. The summed E-state index contributed by atoms with van der Waals surface area (Å²) >= 11 is 1.51. The van der Waals surface area contributed by atoms with Gasteiger partial charge >= 0.3 is 23.5 Å². The topological polar surface area (TPSA) is 252 Å². The van der Waals surface area contributed by atoms with Gasteiger partial charge in [0.05, 0.1) is 11.9 Å². The second-order valence-corrected chi connectivity index (χ2v) is 13.6. The van der Waals surface area contributed by atoms with E-state index in [9.17, 15) is 33.7 Å². The molecule has 0 aliphatic carbocycles. The molecule has 37 heavy (non-hydrogen) atoms. The number of thiophene rings is 1. The van der Waals surface area contributed by atoms with E-state index in [1.54, 1.807) is 6.20 Å². The Balaban J connectivity index is 1.47. The summed E-state index contributed by atoms with van der Waals surface area (Å²) in [5, 5.41) is 27.4. The molecule has 0 amide bonds. The predicted octanol–water partition coefficient (Wildman–Crippen LogP) is 1.40. The molecule has 0 spiro atoms. The van der Waals surface area contributed by atoms with Crippen LogP contribution in [0.15, 0.2) is 24.0 Å². The Morgan fingerprint density at radius 1 is 1.16 bits per heavy atom. The largest absolute Gasteiger partial charge is 0.490 e. The number of aliphatic hydroxyl groups is 2. The van der Waals surface area contributed by atoms with Crippen LogP contribution in [0.4, 0.5) is 5.82 Å². The maximum absolute atomic E-state index is 12.3. The van der Waals surface area contributed by atoms with Crippen LogP contribution in [0.25, 0.3) is 22.2 Å². The maximum atomic E-state index is 12.3. The first kappa shape index (κ1) is 27.0. The number of hydrogen-bond donors (Lipinski definition) is 7. The van der Waals surface area contributed by atoms with E-state index < -0.39 is 47.7 Å². The van der Waals surface area contributed by atoms with Gasteiger partial charge in [-0.1, -0.05) is 0 Å². The van der Waals surface area contributed by atoms with Crippen LogP contribution in [0.3, 0.4) is 0 Å². The van der Waals surface area contributed by atoms with E-state index in [2.05, 4.69) is 28.4 Å². The van der Waals surface area contributed by atoms with E-state index in [4.69, 9.17) is 14.5 Å². The lowest BCUT2D eigenvalue weighted by Gasteiger charge is -2.27. The summed E-state index contributed by atoms with van der Waals surface area (Å²) in [6.45, 7) is 1.67. The monoisotopic (exact) mass is 600 g/mol. The normalized spacial score (nSPS) is 28.8. The molecule has 0 bridgehead atoms. The maximum Gasteiger partial charge on any atom is 0.490 e. The number of anilines is 1. The van der Waals surface area contributed by atoms with Gasteiger partial charge in [-0.05, 0) is 23.9 Å². The lowest BCUT2D eigenvalue weighted by atomic mass is 9.99. The fourth-order valence-electron chi connectivity index (χ4n) is 4.10. The number of fused-ring (bicyclic) bond motifs is 2. The van der Waals surface area contributed by atoms with Gasteiger partial charge in [-0.15, -0.1) is 11.3 Å². The second-order valence-electron chi connectivity index (χ2n) is 8.21. The molecule has 3 aromatic rings. The molecule has 5 rings (SSSR count). The number of rotatable bonds is 7. The van der Waals surface area contributed by atoms with E-state index in [0.29, 0.717) is 23.3 Å². The summed E-state index contributed by atoms with van der Waals surface area (Å²) in [5.74, 6) is 0.505. The van der Waals surface area contributed by atoms with Crippen molar-refractivity contribution in [2.45, 2.75) is 37.7 Å². The van der Waals surface area contributed by atoms with E-state index in [-0.39, 0.29) is 5.65 Å². The number of phosphoric ester groups is 1. The molecule has 6 atom stereocenters. The molecule has 2 aliphatic heterocycles. The third kappa shape index (κ3) is 5.07. The standard InChI is InChI=1S/C16H19N4O13P3S/c1-16(22)11(21)14(31-35(26,27)33-36(28,29)32-34(23,24)25)30-15(16)20-5-8-7-2-3-37-9(7)4-17-12-10(8)13(20)19-6-18-12/h2-3,5-6,11,14-15,21-22H,4H2,1H3,(H,26,27)(H,28,29)(H,17,18,19)(H2,23,24,25)/t11-,14?,15-,16-/m1/s1. The summed E-state index contributed by atoms with van der Waals surface area (Å²) in [5.41, 5.74) is -0.336. The molecule has 2 aliphatic rings. The molecular formula is C16H19N4O13P3S. The Labute approximate surface area is 210 Å². The van der Waals surface area contributed by atoms with E-state index in [1.165, 1.54) is 22.2 Å². The van der Waals surface area contributed by atoms with Gasteiger partial charge in [-0.2, -0.15) is 8.62 Å². The van der Waals surface area contributed by atoms with Gasteiger partial charge in [-0.3, -0.25) is 4.52 Å². The number of hydrogen-bond acceptors (Lipinski definition) is 13. The Bertz CT molecular complexity index is 1520. The van der Waals surface area contributed by atoms with Crippen LogP contribution in [0.2, 0.25) is 0 Å². The fourth-order valence-corrected chi connectivity index (χ4v) is 8.02. The molecular weight excluding hydrogens is 581 g/mol. The SMILES string of the molecule is C[C@@]1(O)[C@H](O)C(OP(=O)(O)OP(=O)(O)OP(=O)(O)O)O[C@H]1n1cc2c3c(ncnc31)NCc1sccc1-2. The minimum absolute atomic E-state index is 0.281. The Morgan fingerprint density at radius 2 is 1.89 bits per heavy atom. The molecule has 17 nitrogen and oxygen atoms in total. The molecule has 0 aromatic carbocycles. The van der Waals surface area contributed by atoms with Gasteiger partial charge in [0.1, 0.15) is 29.5 Å². The van der Waals surface area contributed by atoms with Crippen molar-refractivity contribution in [3.8, 4) is 11.1 Å². The third-order valence-corrected chi connectivity index (χ3v) is 10.3. The van der Waals surface area contributed by atoms with Crippen molar-refractivity contribution in [3.05, 3.63) is 28.8 Å². The molecule has 5 heterocycles. The van der Waals surface area contributed by atoms with Gasteiger partial charge in [-0.25, -0.2) is 23.7 Å². The van der Waals surface area contributed by atoms with Gasteiger partial charge < -0.3 is 44.4 Å². The van der Waals surface area contributed by atoms with E-state index in [1.807, 2.05) is 11.4 Å². The first-order valence-corrected chi connectivity index (χ1v) is 15.5. The van der Waals surface area contributed by atoms with Crippen LogP contribution < -0.4 is 5.32 Å². The quantitative estimate of drug-likeness (QED) is 0.189. The average Bonchev–Trinajstić information content (AvgIpc) is 3.38. The third-order valence-electron chi connectivity index (χ3n) is 5.59. The van der Waals surface area contributed by atoms with Crippen LogP contribution in [-0.2, 0) is 38.1 Å². The van der Waals surface area contributed by atoms with E-state index >= 15 is 0 Å². The fraction of sp³-hybridized carbons (Fsp3) is 0.375. The smallest absolute Gasteiger partial charge is 0.385 e. The lowest BCUT2D eigenvalue weighted by molar-refractivity contribution is -0.134. The predicted molar refractivity (Wildman–Crippen MR) is 124 cm³/mol. The molecule has 3 aromatic heterocycles. The van der Waals surface area contributed by atoms with Crippen molar-refractivity contribution in [3.63, 3.8) is 0 Å². The van der Waals surface area contributed by atoms with Crippen molar-refractivity contribution in [2.75, 3.05) is 5.32 Å². The van der Waals surface area contributed by atoms with Crippen molar-refractivity contribution >= 4 is 51.7 Å². The number of nitrogens with zero attached hydrogens (tertiary/aromatic N) is 3. The highest BCUT2D eigenvalue weighted by molar-refractivity contribution is 7.66. The first-order valence-electron chi connectivity index (χ1n) is 10.1. The highest BCUT2D eigenvalue weighted by atomic mass is 32.1. The number of phosphoric acid groups is 3. The Kier molecular flexibility index (Phi) is 6.55.